The van der Waals surface area contributed by atoms with Crippen LogP contribution in [0.4, 0.5) is 11.6 Å². The lowest BCUT2D eigenvalue weighted by Crippen LogP contribution is -2.39. The lowest BCUT2D eigenvalue weighted by Gasteiger charge is -2.30. The molecular formula is C20H24N6O2S. The van der Waals surface area contributed by atoms with Gasteiger partial charge in [0.1, 0.15) is 21.3 Å². The summed E-state index contributed by atoms with van der Waals surface area (Å²) >= 11 is 1.36. The zero-order chi connectivity index (χ0) is 20.5. The third-order valence-corrected chi connectivity index (χ3v) is 6.50. The van der Waals surface area contributed by atoms with Crippen LogP contribution in [-0.4, -0.2) is 59.4 Å². The van der Waals surface area contributed by atoms with Gasteiger partial charge in [-0.25, -0.2) is 14.8 Å². The lowest BCUT2D eigenvalue weighted by atomic mass is 10.1. The minimum Gasteiger partial charge on any atom is -0.465 e. The zero-order valence-corrected chi connectivity index (χ0v) is 17.9. The van der Waals surface area contributed by atoms with Gasteiger partial charge in [-0.1, -0.05) is 0 Å². The first kappa shape index (κ1) is 19.5. The van der Waals surface area contributed by atoms with Crippen LogP contribution >= 0.6 is 11.3 Å². The van der Waals surface area contributed by atoms with Crippen molar-refractivity contribution in [1.29, 1.82) is 0 Å². The normalized spacial score (nSPS) is 16.4. The van der Waals surface area contributed by atoms with Gasteiger partial charge in [0.15, 0.2) is 5.82 Å². The molecule has 1 fully saturated rings. The maximum Gasteiger partial charge on any atom is 0.348 e. The van der Waals surface area contributed by atoms with Gasteiger partial charge in [-0.15, -0.1) is 16.4 Å². The number of carbonyl (C=O) groups is 1. The SMILES string of the molecule is COC(=O)c1sc2nc(C)nc(N(C)CC3CCCN3c3cccnn3)c2c1C. The number of carbonyl (C=O) groups excluding carboxylic acids is 1. The third kappa shape index (κ3) is 3.62. The summed E-state index contributed by atoms with van der Waals surface area (Å²) in [5, 5.41) is 9.23. The molecule has 1 aliphatic heterocycles. The van der Waals surface area contributed by atoms with Crippen LogP contribution in [-0.2, 0) is 4.74 Å². The van der Waals surface area contributed by atoms with Crippen molar-refractivity contribution in [2.24, 2.45) is 0 Å². The fourth-order valence-electron chi connectivity index (χ4n) is 3.96. The second-order valence-corrected chi connectivity index (χ2v) is 8.27. The Bertz CT molecular complexity index is 1040. The number of hydrogen-bond donors (Lipinski definition) is 0. The van der Waals surface area contributed by atoms with Crippen molar-refractivity contribution in [2.75, 3.05) is 37.0 Å². The summed E-state index contributed by atoms with van der Waals surface area (Å²) in [6, 6.07) is 4.24. The number of anilines is 2. The molecule has 152 valence electrons. The molecule has 3 aromatic rings. The van der Waals surface area contributed by atoms with Gasteiger partial charge in [-0.2, -0.15) is 5.10 Å². The standard InChI is InChI=1S/C20H24N6O2S/c1-12-16-18(22-13(2)23-19(16)29-17(12)20(27)28-4)25(3)11-14-7-6-10-26(14)15-8-5-9-21-24-15/h5,8-9,14H,6-7,10-11H2,1-4H3. The molecule has 0 saturated carbocycles. The molecule has 4 heterocycles. The molecular weight excluding hydrogens is 388 g/mol. The van der Waals surface area contributed by atoms with E-state index < -0.39 is 0 Å². The van der Waals surface area contributed by atoms with Crippen LogP contribution in [0.25, 0.3) is 10.2 Å². The largest absolute Gasteiger partial charge is 0.465 e. The topological polar surface area (TPSA) is 84.3 Å². The number of hydrogen-bond acceptors (Lipinski definition) is 9. The summed E-state index contributed by atoms with van der Waals surface area (Å²) in [5.41, 5.74) is 0.871. The highest BCUT2D eigenvalue weighted by Crippen LogP contribution is 2.36. The van der Waals surface area contributed by atoms with E-state index in [1.807, 2.05) is 33.0 Å². The van der Waals surface area contributed by atoms with Gasteiger partial charge in [0, 0.05) is 32.4 Å². The van der Waals surface area contributed by atoms with Crippen LogP contribution in [0.2, 0.25) is 0 Å². The summed E-state index contributed by atoms with van der Waals surface area (Å²) in [4.78, 5) is 27.3. The van der Waals surface area contributed by atoms with Crippen molar-refractivity contribution in [1.82, 2.24) is 20.2 Å². The fraction of sp³-hybridized carbons (Fsp3) is 0.450. The predicted molar refractivity (Wildman–Crippen MR) is 114 cm³/mol. The molecule has 0 N–H and O–H groups in total. The summed E-state index contributed by atoms with van der Waals surface area (Å²) in [6.07, 6.45) is 3.90. The van der Waals surface area contributed by atoms with Crippen LogP contribution in [0.5, 0.6) is 0 Å². The molecule has 1 unspecified atom stereocenters. The molecule has 0 radical (unpaired) electrons. The number of nitrogens with zero attached hydrogens (tertiary/aromatic N) is 6. The van der Waals surface area contributed by atoms with E-state index in [0.717, 1.165) is 53.3 Å². The van der Waals surface area contributed by atoms with Crippen molar-refractivity contribution in [3.63, 3.8) is 0 Å². The molecule has 0 aliphatic carbocycles. The van der Waals surface area contributed by atoms with E-state index in [1.54, 1.807) is 6.20 Å². The van der Waals surface area contributed by atoms with Crippen LogP contribution < -0.4 is 9.80 Å². The molecule has 0 spiro atoms. The zero-order valence-electron chi connectivity index (χ0n) is 17.0. The highest BCUT2D eigenvalue weighted by Gasteiger charge is 2.29. The van der Waals surface area contributed by atoms with Gasteiger partial charge in [-0.3, -0.25) is 0 Å². The smallest absolute Gasteiger partial charge is 0.348 e. The summed E-state index contributed by atoms with van der Waals surface area (Å²) in [5.74, 6) is 2.12. The monoisotopic (exact) mass is 412 g/mol. The fourth-order valence-corrected chi connectivity index (χ4v) is 5.10. The van der Waals surface area contributed by atoms with Crippen molar-refractivity contribution in [3.8, 4) is 0 Å². The Hall–Kier alpha value is -2.81. The van der Waals surface area contributed by atoms with Crippen LogP contribution in [0.15, 0.2) is 18.3 Å². The maximum absolute atomic E-state index is 12.2. The number of ether oxygens (including phenoxy) is 1. The quantitative estimate of drug-likeness (QED) is 0.592. The third-order valence-electron chi connectivity index (χ3n) is 5.33. The Labute approximate surface area is 173 Å². The summed E-state index contributed by atoms with van der Waals surface area (Å²) in [7, 11) is 3.45. The number of likely N-dealkylation sites (N-methyl/N-ethyl adjacent to an activating group) is 1. The molecule has 3 aromatic heterocycles. The van der Waals surface area contributed by atoms with E-state index in [2.05, 4.69) is 25.0 Å². The summed E-state index contributed by atoms with van der Waals surface area (Å²) in [6.45, 7) is 5.58. The first-order chi connectivity index (χ1) is 14.0. The predicted octanol–water partition coefficient (Wildman–Crippen LogP) is 2.99. The first-order valence-corrected chi connectivity index (χ1v) is 10.4. The Kier molecular flexibility index (Phi) is 5.31. The van der Waals surface area contributed by atoms with Crippen LogP contribution in [0.3, 0.4) is 0 Å². The molecule has 0 amide bonds. The van der Waals surface area contributed by atoms with Crippen LogP contribution in [0.1, 0.15) is 33.9 Å². The highest BCUT2D eigenvalue weighted by atomic mass is 32.1. The van der Waals surface area contributed by atoms with Crippen molar-refractivity contribution in [2.45, 2.75) is 32.7 Å². The minimum absolute atomic E-state index is 0.320. The van der Waals surface area contributed by atoms with Gasteiger partial charge in [0.25, 0.3) is 0 Å². The number of fused-ring (bicyclic) bond motifs is 1. The molecule has 8 nitrogen and oxygen atoms in total. The van der Waals surface area contributed by atoms with E-state index in [4.69, 9.17) is 9.72 Å². The van der Waals surface area contributed by atoms with E-state index in [9.17, 15) is 4.79 Å². The molecule has 1 atom stereocenters. The number of aromatic nitrogens is 4. The number of thiophene rings is 1. The second-order valence-electron chi connectivity index (χ2n) is 7.27. The number of rotatable bonds is 5. The Morgan fingerprint density at radius 1 is 1.38 bits per heavy atom. The lowest BCUT2D eigenvalue weighted by molar-refractivity contribution is 0.0605. The van der Waals surface area contributed by atoms with Gasteiger partial charge >= 0.3 is 5.97 Å². The van der Waals surface area contributed by atoms with Crippen molar-refractivity contribution in [3.05, 3.63) is 34.6 Å². The average Bonchev–Trinajstić information content (AvgIpc) is 3.31. The van der Waals surface area contributed by atoms with E-state index >= 15 is 0 Å². The second kappa shape index (κ2) is 7.90. The molecule has 1 aliphatic rings. The van der Waals surface area contributed by atoms with Crippen molar-refractivity contribution < 1.29 is 9.53 Å². The van der Waals surface area contributed by atoms with Crippen molar-refractivity contribution >= 4 is 39.2 Å². The van der Waals surface area contributed by atoms with Gasteiger partial charge in [-0.05, 0) is 44.4 Å². The number of aryl methyl sites for hydroxylation is 2. The first-order valence-electron chi connectivity index (χ1n) is 9.61. The molecule has 9 heteroatoms. The molecule has 0 bridgehead atoms. The van der Waals surface area contributed by atoms with Gasteiger partial charge < -0.3 is 14.5 Å². The number of methoxy groups -OCH3 is 1. The Morgan fingerprint density at radius 2 is 2.21 bits per heavy atom. The van der Waals surface area contributed by atoms with Gasteiger partial charge in [0.05, 0.1) is 12.5 Å². The molecule has 0 aromatic carbocycles. The summed E-state index contributed by atoms with van der Waals surface area (Å²) < 4.78 is 4.94. The average molecular weight is 413 g/mol. The maximum atomic E-state index is 12.2. The van der Waals surface area contributed by atoms with E-state index in [0.29, 0.717) is 16.7 Å². The Balaban J connectivity index is 1.67. The highest BCUT2D eigenvalue weighted by molar-refractivity contribution is 7.20. The Morgan fingerprint density at radius 3 is 2.93 bits per heavy atom. The molecule has 1 saturated heterocycles. The van der Waals surface area contributed by atoms with Gasteiger partial charge in [0.2, 0.25) is 0 Å². The molecule has 29 heavy (non-hydrogen) atoms. The van der Waals surface area contributed by atoms with Crippen LogP contribution in [0, 0.1) is 13.8 Å². The van der Waals surface area contributed by atoms with E-state index in [1.165, 1.54) is 18.4 Å². The molecule has 4 rings (SSSR count). The minimum atomic E-state index is -0.332. The number of esters is 1. The van der Waals surface area contributed by atoms with E-state index in [-0.39, 0.29) is 5.97 Å².